The number of carbonyl (C=O) groups excluding carboxylic acids is 1. The molecule has 0 radical (unpaired) electrons. The van der Waals surface area contributed by atoms with Crippen molar-refractivity contribution in [2.75, 3.05) is 44.7 Å². The second kappa shape index (κ2) is 7.31. The molecule has 2 aromatic rings. The lowest BCUT2D eigenvalue weighted by Gasteiger charge is -2.49. The van der Waals surface area contributed by atoms with Crippen LogP contribution in [0.3, 0.4) is 0 Å². The minimum absolute atomic E-state index is 0.0225. The smallest absolute Gasteiger partial charge is 0.266 e. The quantitative estimate of drug-likeness (QED) is 0.827. The van der Waals surface area contributed by atoms with E-state index in [1.165, 1.54) is 0 Å². The van der Waals surface area contributed by atoms with Gasteiger partial charge in [0.25, 0.3) is 11.8 Å². The van der Waals surface area contributed by atoms with Crippen LogP contribution in [-0.4, -0.2) is 71.2 Å². The van der Waals surface area contributed by atoms with Crippen LogP contribution >= 0.6 is 0 Å². The fraction of sp³-hybridized carbons (Fsp3) is 0.550. The topological polar surface area (TPSA) is 65.7 Å². The summed E-state index contributed by atoms with van der Waals surface area (Å²) >= 11 is 0. The van der Waals surface area contributed by atoms with Crippen LogP contribution in [0.15, 0.2) is 34.9 Å². The van der Waals surface area contributed by atoms with E-state index in [1.807, 2.05) is 35.2 Å². The zero-order valence-corrected chi connectivity index (χ0v) is 16.1. The van der Waals surface area contributed by atoms with E-state index >= 15 is 0 Å². The highest BCUT2D eigenvalue weighted by Crippen LogP contribution is 2.33. The van der Waals surface area contributed by atoms with Gasteiger partial charge in [0.15, 0.2) is 0 Å². The standard InChI is InChI=1S/C20H27N5O2/c1-3-24-12-11-20(10-9-17(24)26)15-25(14-13-23(20)2)19-21-18(27-22-19)16-7-5-4-6-8-16/h4-8H,3,9-15H2,1-2H3/t20-/m1/s1. The molecule has 0 aliphatic carbocycles. The molecule has 2 aliphatic rings. The van der Waals surface area contributed by atoms with E-state index in [0.717, 1.165) is 51.1 Å². The van der Waals surface area contributed by atoms with Gasteiger partial charge < -0.3 is 14.3 Å². The van der Waals surface area contributed by atoms with E-state index in [4.69, 9.17) is 4.52 Å². The van der Waals surface area contributed by atoms with Gasteiger partial charge in [-0.2, -0.15) is 4.98 Å². The third kappa shape index (κ3) is 3.43. The SMILES string of the molecule is CCN1CC[C@]2(CCC1=O)CN(c1noc(-c3ccccc3)n1)CCN2C. The molecule has 0 bridgehead atoms. The molecule has 2 aliphatic heterocycles. The second-order valence-corrected chi connectivity index (χ2v) is 7.56. The first-order valence-electron chi connectivity index (χ1n) is 9.74. The molecule has 0 unspecified atom stereocenters. The fourth-order valence-corrected chi connectivity index (χ4v) is 4.24. The summed E-state index contributed by atoms with van der Waals surface area (Å²) < 4.78 is 5.50. The Morgan fingerprint density at radius 3 is 2.74 bits per heavy atom. The summed E-state index contributed by atoms with van der Waals surface area (Å²) in [6.07, 6.45) is 2.45. The predicted octanol–water partition coefficient (Wildman–Crippen LogP) is 2.26. The average molecular weight is 369 g/mol. The number of hydrogen-bond acceptors (Lipinski definition) is 6. The van der Waals surface area contributed by atoms with Crippen molar-refractivity contribution < 1.29 is 9.32 Å². The Labute approximate surface area is 159 Å². The number of amides is 1. The molecular weight excluding hydrogens is 342 g/mol. The number of piperazine rings is 1. The highest BCUT2D eigenvalue weighted by Gasteiger charge is 2.43. The predicted molar refractivity (Wildman–Crippen MR) is 103 cm³/mol. The molecule has 7 nitrogen and oxygen atoms in total. The Morgan fingerprint density at radius 1 is 1.15 bits per heavy atom. The molecule has 2 fully saturated rings. The second-order valence-electron chi connectivity index (χ2n) is 7.56. The van der Waals surface area contributed by atoms with Gasteiger partial charge in [0.2, 0.25) is 5.91 Å². The number of nitrogens with zero attached hydrogens (tertiary/aromatic N) is 5. The van der Waals surface area contributed by atoms with Gasteiger partial charge >= 0.3 is 0 Å². The summed E-state index contributed by atoms with van der Waals surface area (Å²) in [6.45, 7) is 6.26. The number of rotatable bonds is 3. The van der Waals surface area contributed by atoms with Gasteiger partial charge in [-0.05, 0) is 44.1 Å². The molecule has 2 saturated heterocycles. The van der Waals surface area contributed by atoms with Crippen LogP contribution in [0.4, 0.5) is 5.95 Å². The zero-order valence-electron chi connectivity index (χ0n) is 16.1. The summed E-state index contributed by atoms with van der Waals surface area (Å²) in [6, 6.07) is 9.84. The van der Waals surface area contributed by atoms with Crippen molar-refractivity contribution in [2.24, 2.45) is 0 Å². The van der Waals surface area contributed by atoms with Crippen molar-refractivity contribution in [1.29, 1.82) is 0 Å². The van der Waals surface area contributed by atoms with E-state index in [0.29, 0.717) is 18.3 Å². The third-order valence-corrected chi connectivity index (χ3v) is 6.10. The van der Waals surface area contributed by atoms with Crippen LogP contribution in [0.5, 0.6) is 0 Å². The summed E-state index contributed by atoms with van der Waals surface area (Å²) in [5.41, 5.74) is 0.907. The average Bonchev–Trinajstić information content (AvgIpc) is 3.13. The van der Waals surface area contributed by atoms with Gasteiger partial charge in [-0.1, -0.05) is 18.2 Å². The van der Waals surface area contributed by atoms with Crippen molar-refractivity contribution in [2.45, 2.75) is 31.7 Å². The molecule has 1 atom stereocenters. The van der Waals surface area contributed by atoms with E-state index in [-0.39, 0.29) is 11.4 Å². The molecule has 1 aromatic carbocycles. The Bertz CT molecular complexity index is 793. The molecule has 1 spiro atoms. The molecule has 0 saturated carbocycles. The molecule has 0 N–H and O–H groups in total. The monoisotopic (exact) mass is 369 g/mol. The van der Waals surface area contributed by atoms with E-state index < -0.39 is 0 Å². The maximum atomic E-state index is 12.3. The van der Waals surface area contributed by atoms with Crippen molar-refractivity contribution in [3.63, 3.8) is 0 Å². The lowest BCUT2D eigenvalue weighted by atomic mass is 9.86. The van der Waals surface area contributed by atoms with Crippen LogP contribution in [0.2, 0.25) is 0 Å². The van der Waals surface area contributed by atoms with Crippen LogP contribution in [0.1, 0.15) is 26.2 Å². The molecule has 4 rings (SSSR count). The first-order valence-corrected chi connectivity index (χ1v) is 9.74. The minimum Gasteiger partial charge on any atom is -0.343 e. The van der Waals surface area contributed by atoms with E-state index in [2.05, 4.69) is 33.9 Å². The van der Waals surface area contributed by atoms with Gasteiger partial charge in [0.05, 0.1) is 0 Å². The summed E-state index contributed by atoms with van der Waals surface area (Å²) in [7, 11) is 2.18. The number of carbonyl (C=O) groups is 1. The molecular formula is C20H27N5O2. The van der Waals surface area contributed by atoms with Crippen molar-refractivity contribution >= 4 is 11.9 Å². The highest BCUT2D eigenvalue weighted by molar-refractivity contribution is 5.76. The van der Waals surface area contributed by atoms with E-state index in [1.54, 1.807) is 0 Å². The number of hydrogen-bond donors (Lipinski definition) is 0. The molecule has 7 heteroatoms. The van der Waals surface area contributed by atoms with Crippen LogP contribution in [-0.2, 0) is 4.79 Å². The maximum absolute atomic E-state index is 12.3. The fourth-order valence-electron chi connectivity index (χ4n) is 4.24. The number of aromatic nitrogens is 2. The van der Waals surface area contributed by atoms with Gasteiger partial charge in [-0.3, -0.25) is 9.69 Å². The molecule has 1 aromatic heterocycles. The van der Waals surface area contributed by atoms with E-state index in [9.17, 15) is 4.79 Å². The Kier molecular flexibility index (Phi) is 4.86. The molecule has 144 valence electrons. The molecule has 1 amide bonds. The minimum atomic E-state index is -0.0225. The number of benzene rings is 1. The summed E-state index contributed by atoms with van der Waals surface area (Å²) in [4.78, 5) is 23.6. The van der Waals surface area contributed by atoms with Gasteiger partial charge in [0, 0.05) is 50.2 Å². The Balaban J connectivity index is 1.54. The largest absolute Gasteiger partial charge is 0.343 e. The van der Waals surface area contributed by atoms with Gasteiger partial charge in [-0.25, -0.2) is 0 Å². The number of likely N-dealkylation sites (N-methyl/N-ethyl adjacent to an activating group) is 1. The van der Waals surface area contributed by atoms with Crippen molar-refractivity contribution in [3.8, 4) is 11.5 Å². The Hall–Kier alpha value is -2.41. The first kappa shape index (κ1) is 18.0. The summed E-state index contributed by atoms with van der Waals surface area (Å²) in [5, 5.41) is 4.23. The maximum Gasteiger partial charge on any atom is 0.266 e. The summed E-state index contributed by atoms with van der Waals surface area (Å²) in [5.74, 6) is 1.46. The van der Waals surface area contributed by atoms with Crippen molar-refractivity contribution in [1.82, 2.24) is 19.9 Å². The first-order chi connectivity index (χ1) is 13.1. The van der Waals surface area contributed by atoms with Crippen LogP contribution in [0, 0.1) is 0 Å². The third-order valence-electron chi connectivity index (χ3n) is 6.10. The zero-order chi connectivity index (χ0) is 18.9. The van der Waals surface area contributed by atoms with Crippen LogP contribution in [0.25, 0.3) is 11.5 Å². The normalized spacial score (nSPS) is 24.4. The lowest BCUT2D eigenvalue weighted by Crippen LogP contribution is -2.61. The Morgan fingerprint density at radius 2 is 1.96 bits per heavy atom. The van der Waals surface area contributed by atoms with Gasteiger partial charge in [-0.15, -0.1) is 0 Å². The molecule has 27 heavy (non-hydrogen) atoms. The molecule has 3 heterocycles. The van der Waals surface area contributed by atoms with Crippen LogP contribution < -0.4 is 4.90 Å². The number of likely N-dealkylation sites (tertiary alicyclic amines) is 1. The highest BCUT2D eigenvalue weighted by atomic mass is 16.5. The number of anilines is 1. The lowest BCUT2D eigenvalue weighted by molar-refractivity contribution is -0.130. The van der Waals surface area contributed by atoms with Crippen molar-refractivity contribution in [3.05, 3.63) is 30.3 Å². The van der Waals surface area contributed by atoms with Gasteiger partial charge in [0.1, 0.15) is 0 Å².